The van der Waals surface area contributed by atoms with Crippen LogP contribution in [0.15, 0.2) is 36.7 Å². The Morgan fingerprint density at radius 1 is 1.21 bits per heavy atom. The van der Waals surface area contributed by atoms with E-state index < -0.39 is 0 Å². The summed E-state index contributed by atoms with van der Waals surface area (Å²) in [6.45, 7) is 6.96. The van der Waals surface area contributed by atoms with E-state index in [1.165, 1.54) is 4.88 Å². The first-order valence-electron chi connectivity index (χ1n) is 9.29. The second-order valence-electron chi connectivity index (χ2n) is 7.26. The normalized spacial score (nSPS) is 11.3. The Morgan fingerprint density at radius 3 is 2.76 bits per heavy atom. The average Bonchev–Trinajstić information content (AvgIpc) is 3.28. The number of imidazole rings is 1. The highest BCUT2D eigenvalue weighted by Crippen LogP contribution is 2.22. The van der Waals surface area contributed by atoms with Gasteiger partial charge in [-0.05, 0) is 38.5 Å². The summed E-state index contributed by atoms with van der Waals surface area (Å²) >= 11 is 7.72. The molecule has 1 amide bonds. The lowest BCUT2D eigenvalue weighted by Gasteiger charge is -2.16. The summed E-state index contributed by atoms with van der Waals surface area (Å²) in [4.78, 5) is 21.6. The van der Waals surface area contributed by atoms with Crippen molar-refractivity contribution in [3.8, 4) is 0 Å². The van der Waals surface area contributed by atoms with Crippen LogP contribution in [0.3, 0.4) is 0 Å². The van der Waals surface area contributed by atoms with Crippen molar-refractivity contribution in [2.24, 2.45) is 0 Å². The second-order valence-corrected chi connectivity index (χ2v) is 8.90. The number of hydrogen-bond acceptors (Lipinski definition) is 4. The minimum Gasteiger partial charge on any atom is -0.336 e. The van der Waals surface area contributed by atoms with E-state index in [1.54, 1.807) is 20.9 Å². The Labute approximate surface area is 178 Å². The highest BCUT2D eigenvalue weighted by molar-refractivity contribution is 7.17. The summed E-state index contributed by atoms with van der Waals surface area (Å²) in [6, 6.07) is 7.65. The van der Waals surface area contributed by atoms with E-state index in [-0.39, 0.29) is 5.91 Å². The predicted octanol–water partition coefficient (Wildman–Crippen LogP) is 4.49. The van der Waals surface area contributed by atoms with Gasteiger partial charge in [0.1, 0.15) is 0 Å². The molecule has 8 heteroatoms. The molecule has 0 spiro atoms. The number of carbonyl (C=O) groups excluding carboxylic acids is 1. The van der Waals surface area contributed by atoms with Gasteiger partial charge >= 0.3 is 0 Å². The van der Waals surface area contributed by atoms with E-state index in [2.05, 4.69) is 27.6 Å². The molecule has 0 radical (unpaired) electrons. The third-order valence-corrected chi connectivity index (χ3v) is 6.02. The molecule has 1 aromatic carbocycles. The molecule has 0 bridgehead atoms. The molecule has 3 heterocycles. The smallest absolute Gasteiger partial charge is 0.257 e. The van der Waals surface area contributed by atoms with Crippen molar-refractivity contribution in [1.82, 2.24) is 24.1 Å². The highest BCUT2D eigenvalue weighted by Gasteiger charge is 2.20. The van der Waals surface area contributed by atoms with E-state index >= 15 is 0 Å². The maximum Gasteiger partial charge on any atom is 0.257 e. The van der Waals surface area contributed by atoms with Gasteiger partial charge in [0.15, 0.2) is 4.96 Å². The summed E-state index contributed by atoms with van der Waals surface area (Å²) in [7, 11) is 1.81. The molecule has 0 atom stereocenters. The average molecular weight is 428 g/mol. The van der Waals surface area contributed by atoms with Crippen molar-refractivity contribution >= 4 is 33.8 Å². The van der Waals surface area contributed by atoms with Crippen molar-refractivity contribution in [2.75, 3.05) is 7.05 Å². The second kappa shape index (κ2) is 7.65. The molecule has 4 aromatic rings. The molecule has 0 saturated carbocycles. The van der Waals surface area contributed by atoms with Crippen LogP contribution in [-0.4, -0.2) is 37.0 Å². The number of hydrogen-bond donors (Lipinski definition) is 0. The number of carbonyl (C=O) groups is 1. The molecular formula is C21H22ClN5OS. The molecule has 0 aliphatic heterocycles. The van der Waals surface area contributed by atoms with Crippen LogP contribution in [0.25, 0.3) is 4.96 Å². The van der Waals surface area contributed by atoms with Gasteiger partial charge in [-0.25, -0.2) is 4.98 Å². The van der Waals surface area contributed by atoms with E-state index in [0.717, 1.165) is 21.9 Å². The van der Waals surface area contributed by atoms with Crippen LogP contribution in [0.2, 0.25) is 5.02 Å². The molecule has 0 aliphatic carbocycles. The first-order chi connectivity index (χ1) is 13.8. The molecule has 29 heavy (non-hydrogen) atoms. The Balaban J connectivity index is 1.54. The van der Waals surface area contributed by atoms with Gasteiger partial charge in [-0.2, -0.15) is 5.10 Å². The minimum absolute atomic E-state index is 0.0545. The van der Waals surface area contributed by atoms with Crippen LogP contribution in [0.1, 0.15) is 37.9 Å². The molecule has 0 fully saturated rings. The molecular weight excluding hydrogens is 406 g/mol. The van der Waals surface area contributed by atoms with Gasteiger partial charge in [-0.1, -0.05) is 23.7 Å². The lowest BCUT2D eigenvalue weighted by molar-refractivity contribution is 0.0782. The first kappa shape index (κ1) is 19.7. The molecule has 0 unspecified atom stereocenters. The Hall–Kier alpha value is -2.64. The zero-order valence-electron chi connectivity index (χ0n) is 16.8. The molecule has 0 aliphatic rings. The van der Waals surface area contributed by atoms with Crippen molar-refractivity contribution in [1.29, 1.82) is 0 Å². The third kappa shape index (κ3) is 3.93. The summed E-state index contributed by atoms with van der Waals surface area (Å²) in [5.41, 5.74) is 4.34. The summed E-state index contributed by atoms with van der Waals surface area (Å²) in [5.74, 6) is -0.0545. The zero-order valence-corrected chi connectivity index (χ0v) is 18.4. The molecule has 6 nitrogen and oxygen atoms in total. The monoisotopic (exact) mass is 427 g/mol. The summed E-state index contributed by atoms with van der Waals surface area (Å²) < 4.78 is 3.86. The Morgan fingerprint density at radius 2 is 2.00 bits per heavy atom. The topological polar surface area (TPSA) is 55.4 Å². The number of fused-ring (bicyclic) bond motifs is 1. The van der Waals surface area contributed by atoms with E-state index in [0.29, 0.717) is 29.4 Å². The maximum atomic E-state index is 13.1. The molecule has 150 valence electrons. The van der Waals surface area contributed by atoms with E-state index in [1.807, 2.05) is 51.4 Å². The highest BCUT2D eigenvalue weighted by atomic mass is 35.5. The molecule has 4 rings (SSSR count). The molecule has 3 aromatic heterocycles. The zero-order chi connectivity index (χ0) is 20.7. The molecule has 0 saturated heterocycles. The van der Waals surface area contributed by atoms with Gasteiger partial charge in [0.05, 0.1) is 35.7 Å². The number of nitrogens with zero attached hydrogens (tertiary/aromatic N) is 5. The van der Waals surface area contributed by atoms with Crippen LogP contribution in [0, 0.1) is 20.8 Å². The lowest BCUT2D eigenvalue weighted by Crippen LogP contribution is -2.27. The van der Waals surface area contributed by atoms with Crippen LogP contribution in [0.4, 0.5) is 0 Å². The van der Waals surface area contributed by atoms with Crippen molar-refractivity contribution in [3.05, 3.63) is 74.8 Å². The number of benzene rings is 1. The van der Waals surface area contributed by atoms with Gasteiger partial charge in [0.25, 0.3) is 5.91 Å². The fourth-order valence-corrected chi connectivity index (χ4v) is 4.54. The van der Waals surface area contributed by atoms with Gasteiger partial charge < -0.3 is 4.90 Å². The van der Waals surface area contributed by atoms with Crippen molar-refractivity contribution in [3.63, 3.8) is 0 Å². The fraction of sp³-hybridized carbons (Fsp3) is 0.286. The first-order valence-corrected chi connectivity index (χ1v) is 10.5. The van der Waals surface area contributed by atoms with Crippen LogP contribution >= 0.6 is 22.9 Å². The number of aryl methyl sites for hydroxylation is 3. The SMILES string of the molecule is Cc1cn2c(CN(C)C(=O)c3cn(Cc4cccc(Cl)c4)nc3C)c(C)nc2s1. The van der Waals surface area contributed by atoms with Gasteiger partial charge in [0, 0.05) is 29.3 Å². The quantitative estimate of drug-likeness (QED) is 0.471. The van der Waals surface area contributed by atoms with E-state index in [4.69, 9.17) is 11.6 Å². The van der Waals surface area contributed by atoms with Crippen molar-refractivity contribution in [2.45, 2.75) is 33.9 Å². The summed E-state index contributed by atoms with van der Waals surface area (Å²) in [5, 5.41) is 5.21. The largest absolute Gasteiger partial charge is 0.336 e. The maximum absolute atomic E-state index is 13.1. The number of halogens is 1. The van der Waals surface area contributed by atoms with Gasteiger partial charge in [-0.15, -0.1) is 11.3 Å². The fourth-order valence-electron chi connectivity index (χ4n) is 3.43. The minimum atomic E-state index is -0.0545. The van der Waals surface area contributed by atoms with Gasteiger partial charge in [-0.3, -0.25) is 13.9 Å². The standard InChI is InChI=1S/C21H22ClN5OS/c1-13-9-27-19(15(3)23-21(27)29-13)12-25(4)20(28)18-11-26(24-14(18)2)10-16-6-5-7-17(22)8-16/h5-9,11H,10,12H2,1-4H3. The van der Waals surface area contributed by atoms with Crippen LogP contribution in [-0.2, 0) is 13.1 Å². The van der Waals surface area contributed by atoms with E-state index in [9.17, 15) is 4.79 Å². The lowest BCUT2D eigenvalue weighted by atomic mass is 10.2. The van der Waals surface area contributed by atoms with Crippen LogP contribution in [0.5, 0.6) is 0 Å². The number of thiazole rings is 1. The summed E-state index contributed by atoms with van der Waals surface area (Å²) in [6.07, 6.45) is 3.88. The van der Waals surface area contributed by atoms with Gasteiger partial charge in [0.2, 0.25) is 0 Å². The number of amides is 1. The Kier molecular flexibility index (Phi) is 5.19. The number of aromatic nitrogens is 4. The number of rotatable bonds is 5. The molecule has 0 N–H and O–H groups in total. The van der Waals surface area contributed by atoms with Crippen molar-refractivity contribution < 1.29 is 4.79 Å². The Bertz CT molecular complexity index is 1210. The van der Waals surface area contributed by atoms with Crippen LogP contribution < -0.4 is 0 Å². The third-order valence-electron chi connectivity index (χ3n) is 4.89. The predicted molar refractivity (Wildman–Crippen MR) is 116 cm³/mol.